The first-order valence-corrected chi connectivity index (χ1v) is 9.40. The smallest absolute Gasteiger partial charge is 0.277 e. The number of benzene rings is 2. The van der Waals surface area contributed by atoms with Crippen molar-refractivity contribution >= 4 is 39.9 Å². The third-order valence-electron chi connectivity index (χ3n) is 4.33. The fraction of sp³-hybridized carbons (Fsp3) is 0.316. The summed E-state index contributed by atoms with van der Waals surface area (Å²) in [6.45, 7) is 1.94. The number of amides is 1. The van der Waals surface area contributed by atoms with Gasteiger partial charge in [-0.15, -0.1) is 0 Å². The van der Waals surface area contributed by atoms with E-state index in [4.69, 9.17) is 4.84 Å². The summed E-state index contributed by atoms with van der Waals surface area (Å²) in [4.78, 5) is 17.9. The number of halogens is 2. The number of hydrogen-bond donors (Lipinski definition) is 2. The van der Waals surface area contributed by atoms with Crippen LogP contribution in [0.5, 0.6) is 0 Å². The zero-order chi connectivity index (χ0) is 17.8. The second-order valence-electron chi connectivity index (χ2n) is 6.20. The predicted molar refractivity (Wildman–Crippen MR) is 104 cm³/mol. The number of carbonyl (C=O) groups is 1. The minimum Gasteiger partial charge on any atom is -0.352 e. The Balaban J connectivity index is 1.80. The molecule has 132 valence electrons. The highest BCUT2D eigenvalue weighted by molar-refractivity contribution is 14.1. The lowest BCUT2D eigenvalue weighted by molar-refractivity contribution is -0.0124. The van der Waals surface area contributed by atoms with Gasteiger partial charge < -0.3 is 5.32 Å². The van der Waals surface area contributed by atoms with Crippen LogP contribution in [0.4, 0.5) is 15.8 Å². The van der Waals surface area contributed by atoms with Crippen molar-refractivity contribution in [3.8, 4) is 0 Å². The van der Waals surface area contributed by atoms with Crippen molar-refractivity contribution in [2.24, 2.45) is 0 Å². The number of para-hydroxylation sites is 1. The molecule has 1 aliphatic rings. The lowest BCUT2D eigenvalue weighted by atomic mass is 10.1. The Kier molecular flexibility index (Phi) is 5.90. The Labute approximate surface area is 160 Å². The van der Waals surface area contributed by atoms with Gasteiger partial charge in [0.15, 0.2) is 0 Å². The molecule has 0 heterocycles. The lowest BCUT2D eigenvalue weighted by Crippen LogP contribution is -2.29. The number of rotatable bonds is 5. The van der Waals surface area contributed by atoms with Gasteiger partial charge in [-0.1, -0.05) is 18.9 Å². The van der Waals surface area contributed by atoms with Gasteiger partial charge in [0.2, 0.25) is 0 Å². The normalized spacial score (nSPS) is 14.5. The molecule has 25 heavy (non-hydrogen) atoms. The molecule has 1 amide bonds. The predicted octanol–water partition coefficient (Wildman–Crippen LogP) is 5.09. The molecule has 2 aromatic carbocycles. The van der Waals surface area contributed by atoms with E-state index in [0.29, 0.717) is 0 Å². The summed E-state index contributed by atoms with van der Waals surface area (Å²) in [5, 5.41) is 3.05. The highest BCUT2D eigenvalue weighted by Crippen LogP contribution is 2.27. The van der Waals surface area contributed by atoms with Gasteiger partial charge in [-0.3, -0.25) is 9.63 Å². The maximum atomic E-state index is 14.4. The Bertz CT molecular complexity index is 776. The van der Waals surface area contributed by atoms with Crippen molar-refractivity contribution in [3.63, 3.8) is 0 Å². The van der Waals surface area contributed by atoms with E-state index < -0.39 is 11.7 Å². The third kappa shape index (κ3) is 4.49. The summed E-state index contributed by atoms with van der Waals surface area (Å²) in [7, 11) is 0. The summed E-state index contributed by atoms with van der Waals surface area (Å²) in [6.07, 6.45) is 4.15. The number of hydroxylamine groups is 1. The van der Waals surface area contributed by atoms with Gasteiger partial charge in [0, 0.05) is 9.26 Å². The van der Waals surface area contributed by atoms with Gasteiger partial charge in [-0.2, -0.15) is 0 Å². The maximum absolute atomic E-state index is 14.4. The van der Waals surface area contributed by atoms with Crippen LogP contribution in [0.2, 0.25) is 0 Å². The highest BCUT2D eigenvalue weighted by Gasteiger charge is 2.20. The monoisotopic (exact) mass is 454 g/mol. The zero-order valence-electron chi connectivity index (χ0n) is 13.9. The first kappa shape index (κ1) is 18.1. The molecule has 1 saturated carbocycles. The molecule has 4 nitrogen and oxygen atoms in total. The Morgan fingerprint density at radius 2 is 2.00 bits per heavy atom. The minimum absolute atomic E-state index is 0.0485. The van der Waals surface area contributed by atoms with Gasteiger partial charge >= 0.3 is 0 Å². The minimum atomic E-state index is -0.480. The van der Waals surface area contributed by atoms with Crippen LogP contribution >= 0.6 is 22.6 Å². The summed E-state index contributed by atoms with van der Waals surface area (Å²) >= 11 is 2.22. The SMILES string of the molecule is Cc1cc(I)ccc1Nc1c(F)cccc1C(=O)NOC1CCCC1. The molecular weight excluding hydrogens is 434 g/mol. The molecule has 1 aliphatic carbocycles. The molecule has 0 saturated heterocycles. The number of anilines is 2. The Morgan fingerprint density at radius 3 is 2.72 bits per heavy atom. The van der Waals surface area contributed by atoms with Gasteiger partial charge in [0.1, 0.15) is 5.82 Å². The number of hydrogen-bond acceptors (Lipinski definition) is 3. The lowest BCUT2D eigenvalue weighted by Gasteiger charge is -2.16. The second kappa shape index (κ2) is 8.14. The maximum Gasteiger partial charge on any atom is 0.277 e. The van der Waals surface area contributed by atoms with Crippen LogP contribution in [0.15, 0.2) is 36.4 Å². The van der Waals surface area contributed by atoms with Crippen LogP contribution in [0.1, 0.15) is 41.6 Å². The Morgan fingerprint density at radius 1 is 1.24 bits per heavy atom. The quantitative estimate of drug-likeness (QED) is 0.489. The number of nitrogens with one attached hydrogen (secondary N) is 2. The molecule has 0 atom stereocenters. The van der Waals surface area contributed by atoms with Gasteiger partial charge in [-0.25, -0.2) is 9.87 Å². The van der Waals surface area contributed by atoms with Crippen molar-refractivity contribution in [1.29, 1.82) is 0 Å². The summed E-state index contributed by atoms with van der Waals surface area (Å²) in [5.41, 5.74) is 4.58. The highest BCUT2D eigenvalue weighted by atomic mass is 127. The molecule has 0 radical (unpaired) electrons. The van der Waals surface area contributed by atoms with E-state index in [9.17, 15) is 9.18 Å². The molecule has 0 unspecified atom stereocenters. The average molecular weight is 454 g/mol. The van der Waals surface area contributed by atoms with Crippen LogP contribution in [-0.2, 0) is 4.84 Å². The van der Waals surface area contributed by atoms with Crippen LogP contribution in [0, 0.1) is 16.3 Å². The summed E-state index contributed by atoms with van der Waals surface area (Å²) in [5.74, 6) is -0.927. The van der Waals surface area contributed by atoms with Crippen LogP contribution in [-0.4, -0.2) is 12.0 Å². The van der Waals surface area contributed by atoms with E-state index in [-0.39, 0.29) is 17.4 Å². The van der Waals surface area contributed by atoms with Crippen molar-refractivity contribution in [2.75, 3.05) is 5.32 Å². The molecular formula is C19H20FIN2O2. The molecule has 3 rings (SSSR count). The van der Waals surface area contributed by atoms with E-state index in [0.717, 1.165) is 40.5 Å². The van der Waals surface area contributed by atoms with Gasteiger partial charge in [0.05, 0.1) is 17.4 Å². The van der Waals surface area contributed by atoms with Crippen molar-refractivity contribution < 1.29 is 14.0 Å². The fourth-order valence-corrected chi connectivity index (χ4v) is 3.59. The molecule has 2 aromatic rings. The van der Waals surface area contributed by atoms with Crippen LogP contribution in [0.3, 0.4) is 0 Å². The van der Waals surface area contributed by atoms with E-state index in [1.54, 1.807) is 6.07 Å². The first-order valence-electron chi connectivity index (χ1n) is 8.32. The topological polar surface area (TPSA) is 50.4 Å². The largest absolute Gasteiger partial charge is 0.352 e. The van der Waals surface area contributed by atoms with E-state index >= 15 is 0 Å². The molecule has 0 aliphatic heterocycles. The van der Waals surface area contributed by atoms with Crippen molar-refractivity contribution in [2.45, 2.75) is 38.7 Å². The van der Waals surface area contributed by atoms with Crippen LogP contribution in [0.25, 0.3) is 0 Å². The van der Waals surface area contributed by atoms with E-state index in [1.165, 1.54) is 12.1 Å². The molecule has 0 aromatic heterocycles. The van der Waals surface area contributed by atoms with E-state index in [1.807, 2.05) is 25.1 Å². The van der Waals surface area contributed by atoms with Gasteiger partial charge in [-0.05, 0) is 78.3 Å². The third-order valence-corrected chi connectivity index (χ3v) is 5.00. The van der Waals surface area contributed by atoms with Crippen molar-refractivity contribution in [3.05, 3.63) is 56.9 Å². The average Bonchev–Trinajstić information content (AvgIpc) is 3.10. The molecule has 6 heteroatoms. The summed E-state index contributed by atoms with van der Waals surface area (Å²) in [6, 6.07) is 10.2. The molecule has 0 spiro atoms. The van der Waals surface area contributed by atoms with Gasteiger partial charge in [0.25, 0.3) is 5.91 Å². The Hall–Kier alpha value is -1.67. The first-order chi connectivity index (χ1) is 12.0. The zero-order valence-corrected chi connectivity index (χ0v) is 16.1. The van der Waals surface area contributed by atoms with Crippen LogP contribution < -0.4 is 10.8 Å². The molecule has 2 N–H and O–H groups in total. The standard InChI is InChI=1S/C19H20FIN2O2/c1-12-11-13(21)9-10-17(12)22-18-15(7-4-8-16(18)20)19(24)23-25-14-5-2-3-6-14/h4,7-11,14,22H,2-3,5-6H2,1H3,(H,23,24). The number of aryl methyl sites for hydroxylation is 1. The number of carbonyl (C=O) groups excluding carboxylic acids is 1. The molecule has 0 bridgehead atoms. The van der Waals surface area contributed by atoms with Crippen molar-refractivity contribution in [1.82, 2.24) is 5.48 Å². The summed E-state index contributed by atoms with van der Waals surface area (Å²) < 4.78 is 15.5. The molecule has 1 fully saturated rings. The van der Waals surface area contributed by atoms with E-state index in [2.05, 4.69) is 33.4 Å². The second-order valence-corrected chi connectivity index (χ2v) is 7.45. The fourth-order valence-electron chi connectivity index (χ4n) is 2.94.